The second-order valence-corrected chi connectivity index (χ2v) is 7.77. The van der Waals surface area contributed by atoms with Gasteiger partial charge in [0, 0.05) is 25.3 Å². The van der Waals surface area contributed by atoms with E-state index in [-0.39, 0.29) is 12.1 Å². The van der Waals surface area contributed by atoms with Crippen LogP contribution in [-0.4, -0.2) is 27.7 Å². The second-order valence-electron chi connectivity index (χ2n) is 7.77. The summed E-state index contributed by atoms with van der Waals surface area (Å²) in [5.74, 6) is 1.86. The molecule has 6 nitrogen and oxygen atoms in total. The molecule has 2 aromatic heterocycles. The number of pyridine rings is 1. The van der Waals surface area contributed by atoms with Crippen LogP contribution in [0.25, 0.3) is 0 Å². The van der Waals surface area contributed by atoms with E-state index in [9.17, 15) is 0 Å². The lowest BCUT2D eigenvalue weighted by molar-refractivity contribution is 0.0573. The molecule has 1 aromatic carbocycles. The molecule has 0 bridgehead atoms. The molecule has 0 aliphatic heterocycles. The number of aryl methyl sites for hydroxylation is 3. The van der Waals surface area contributed by atoms with Crippen molar-refractivity contribution >= 4 is 5.82 Å². The van der Waals surface area contributed by atoms with Crippen LogP contribution in [-0.2, 0) is 24.0 Å². The van der Waals surface area contributed by atoms with Gasteiger partial charge in [0.1, 0.15) is 11.5 Å². The van der Waals surface area contributed by atoms with Gasteiger partial charge in [-0.15, -0.1) is 0 Å². The molecular formula is C25H30N4O2. The van der Waals surface area contributed by atoms with Crippen molar-refractivity contribution in [2.75, 3.05) is 11.9 Å². The lowest BCUT2D eigenvalue weighted by atomic mass is 10.1. The van der Waals surface area contributed by atoms with E-state index in [2.05, 4.69) is 48.4 Å². The number of anilines is 1. The number of rotatable bonds is 8. The summed E-state index contributed by atoms with van der Waals surface area (Å²) in [6.07, 6.45) is 4.17. The molecule has 2 atom stereocenters. The highest BCUT2D eigenvalue weighted by Crippen LogP contribution is 2.37. The van der Waals surface area contributed by atoms with Crippen molar-refractivity contribution < 1.29 is 9.47 Å². The van der Waals surface area contributed by atoms with Gasteiger partial charge in [-0.3, -0.25) is 0 Å². The van der Waals surface area contributed by atoms with Crippen LogP contribution in [0.3, 0.4) is 0 Å². The molecule has 0 radical (unpaired) electrons. The van der Waals surface area contributed by atoms with Gasteiger partial charge in [0.2, 0.25) is 11.8 Å². The van der Waals surface area contributed by atoms with E-state index in [4.69, 9.17) is 19.4 Å². The summed E-state index contributed by atoms with van der Waals surface area (Å²) in [6, 6.07) is 12.4. The Morgan fingerprint density at radius 1 is 1.03 bits per heavy atom. The largest absolute Gasteiger partial charge is 0.419 e. The predicted molar refractivity (Wildman–Crippen MR) is 122 cm³/mol. The van der Waals surface area contributed by atoms with Gasteiger partial charge in [0.05, 0.1) is 17.8 Å². The number of hydrogen-bond acceptors (Lipinski definition) is 6. The summed E-state index contributed by atoms with van der Waals surface area (Å²) in [5.41, 5.74) is 5.37. The fourth-order valence-electron chi connectivity index (χ4n) is 4.07. The Labute approximate surface area is 184 Å². The molecule has 2 heterocycles. The molecular weight excluding hydrogens is 388 g/mol. The minimum Gasteiger partial charge on any atom is -0.419 e. The van der Waals surface area contributed by atoms with Gasteiger partial charge in [0.25, 0.3) is 0 Å². The normalized spacial score (nSPS) is 17.4. The van der Waals surface area contributed by atoms with Gasteiger partial charge in [-0.25, -0.2) is 15.0 Å². The Hall–Kier alpha value is -2.99. The fraction of sp³-hybridized carbons (Fsp3) is 0.400. The lowest BCUT2D eigenvalue weighted by Gasteiger charge is -2.24. The molecule has 4 rings (SSSR count). The van der Waals surface area contributed by atoms with Crippen LogP contribution in [0.1, 0.15) is 54.9 Å². The molecule has 0 unspecified atom stereocenters. The summed E-state index contributed by atoms with van der Waals surface area (Å²) >= 11 is 0. The van der Waals surface area contributed by atoms with Crippen LogP contribution in [0.4, 0.5) is 5.82 Å². The van der Waals surface area contributed by atoms with Crippen LogP contribution in [0.15, 0.2) is 42.6 Å². The quantitative estimate of drug-likeness (QED) is 0.541. The van der Waals surface area contributed by atoms with E-state index >= 15 is 0 Å². The van der Waals surface area contributed by atoms with Gasteiger partial charge in [0.15, 0.2) is 0 Å². The highest BCUT2D eigenvalue weighted by Gasteiger charge is 2.33. The zero-order valence-corrected chi connectivity index (χ0v) is 18.7. The van der Waals surface area contributed by atoms with E-state index in [0.29, 0.717) is 24.8 Å². The second kappa shape index (κ2) is 9.43. The SMILES string of the molecule is CCO[C@H]1Cc2ccccc2[C@@H]1Nc1nc(CC)c(Oc2cc(C)ccn2)nc1CC. The number of benzene rings is 1. The number of ether oxygens (including phenoxy) is 2. The monoisotopic (exact) mass is 418 g/mol. The van der Waals surface area contributed by atoms with Gasteiger partial charge < -0.3 is 14.8 Å². The van der Waals surface area contributed by atoms with E-state index in [1.807, 2.05) is 26.0 Å². The minimum atomic E-state index is 0.0469. The highest BCUT2D eigenvalue weighted by atomic mass is 16.5. The third kappa shape index (κ3) is 4.54. The Morgan fingerprint density at radius 2 is 1.84 bits per heavy atom. The minimum absolute atomic E-state index is 0.0469. The maximum Gasteiger partial charge on any atom is 0.243 e. The van der Waals surface area contributed by atoms with Gasteiger partial charge >= 0.3 is 0 Å². The van der Waals surface area contributed by atoms with E-state index in [0.717, 1.165) is 35.6 Å². The van der Waals surface area contributed by atoms with Crippen molar-refractivity contribution in [2.45, 2.75) is 59.1 Å². The number of aromatic nitrogens is 3. The van der Waals surface area contributed by atoms with Crippen LogP contribution >= 0.6 is 0 Å². The number of nitrogens with zero attached hydrogens (tertiary/aromatic N) is 3. The fourth-order valence-corrected chi connectivity index (χ4v) is 4.07. The first-order valence-electron chi connectivity index (χ1n) is 11.1. The lowest BCUT2D eigenvalue weighted by Crippen LogP contribution is -2.26. The topological polar surface area (TPSA) is 69.2 Å². The first-order chi connectivity index (χ1) is 15.1. The maximum absolute atomic E-state index is 6.07. The predicted octanol–water partition coefficient (Wildman–Crippen LogP) is 5.21. The molecule has 31 heavy (non-hydrogen) atoms. The Balaban J connectivity index is 1.66. The molecule has 3 aromatic rings. The third-order valence-electron chi connectivity index (χ3n) is 5.62. The van der Waals surface area contributed by atoms with E-state index in [1.54, 1.807) is 6.20 Å². The summed E-state index contributed by atoms with van der Waals surface area (Å²) in [7, 11) is 0. The van der Waals surface area contributed by atoms with E-state index in [1.165, 1.54) is 11.1 Å². The molecule has 162 valence electrons. The highest BCUT2D eigenvalue weighted by molar-refractivity contribution is 5.50. The summed E-state index contributed by atoms with van der Waals surface area (Å²) < 4.78 is 12.1. The Kier molecular flexibility index (Phi) is 6.47. The van der Waals surface area contributed by atoms with Crippen molar-refractivity contribution in [3.05, 3.63) is 70.7 Å². The Bertz CT molecular complexity index is 1050. The first kappa shape index (κ1) is 21.2. The zero-order chi connectivity index (χ0) is 21.8. The number of nitrogens with one attached hydrogen (secondary N) is 1. The van der Waals surface area contributed by atoms with E-state index < -0.39 is 0 Å². The molecule has 0 fully saturated rings. The summed E-state index contributed by atoms with van der Waals surface area (Å²) in [4.78, 5) is 14.1. The Morgan fingerprint density at radius 3 is 2.58 bits per heavy atom. The van der Waals surface area contributed by atoms with Crippen LogP contribution in [0.2, 0.25) is 0 Å². The van der Waals surface area contributed by atoms with Crippen molar-refractivity contribution in [2.24, 2.45) is 0 Å². The van der Waals surface area contributed by atoms with Crippen molar-refractivity contribution in [1.29, 1.82) is 0 Å². The van der Waals surface area contributed by atoms with Crippen LogP contribution in [0, 0.1) is 6.92 Å². The first-order valence-corrected chi connectivity index (χ1v) is 11.1. The van der Waals surface area contributed by atoms with Crippen molar-refractivity contribution in [1.82, 2.24) is 15.0 Å². The average molecular weight is 419 g/mol. The molecule has 0 amide bonds. The van der Waals surface area contributed by atoms with Crippen molar-refractivity contribution in [3.8, 4) is 11.8 Å². The molecule has 1 N–H and O–H groups in total. The van der Waals surface area contributed by atoms with Crippen LogP contribution in [0.5, 0.6) is 11.8 Å². The van der Waals surface area contributed by atoms with Crippen molar-refractivity contribution in [3.63, 3.8) is 0 Å². The summed E-state index contributed by atoms with van der Waals surface area (Å²) in [6.45, 7) is 8.87. The maximum atomic E-state index is 6.07. The standard InChI is InChI=1S/C25H30N4O2/c1-5-19-24(29-23-18-11-9-8-10-17(18)15-21(23)30-7-3)27-20(6-2)25(28-19)31-22-14-16(4)12-13-26-22/h8-14,21,23H,5-7,15H2,1-4H3,(H,27,29)/t21-,23-/m0/s1. The molecule has 1 aliphatic carbocycles. The summed E-state index contributed by atoms with van der Waals surface area (Å²) in [5, 5.41) is 3.66. The third-order valence-corrected chi connectivity index (χ3v) is 5.62. The van der Waals surface area contributed by atoms with Crippen LogP contribution < -0.4 is 10.1 Å². The zero-order valence-electron chi connectivity index (χ0n) is 18.7. The average Bonchev–Trinajstić information content (AvgIpc) is 3.12. The van der Waals surface area contributed by atoms with Gasteiger partial charge in [-0.05, 0) is 49.4 Å². The molecule has 0 saturated heterocycles. The number of hydrogen-bond donors (Lipinski definition) is 1. The molecule has 1 aliphatic rings. The smallest absolute Gasteiger partial charge is 0.243 e. The van der Waals surface area contributed by atoms with Gasteiger partial charge in [-0.1, -0.05) is 38.1 Å². The molecule has 6 heteroatoms. The molecule has 0 spiro atoms. The number of fused-ring (bicyclic) bond motifs is 1. The molecule has 0 saturated carbocycles. The van der Waals surface area contributed by atoms with Gasteiger partial charge in [-0.2, -0.15) is 0 Å².